The van der Waals surface area contributed by atoms with E-state index in [0.29, 0.717) is 6.29 Å². The number of halogens is 1. The topological polar surface area (TPSA) is 77.0 Å². The van der Waals surface area contributed by atoms with Crippen molar-refractivity contribution in [2.24, 2.45) is 0 Å². The van der Waals surface area contributed by atoms with Gasteiger partial charge in [-0.05, 0) is 0 Å². The Hall–Kier alpha value is -1.01. The van der Waals surface area contributed by atoms with Gasteiger partial charge < -0.3 is 0 Å². The van der Waals surface area contributed by atoms with Crippen LogP contribution < -0.4 is 0 Å². The summed E-state index contributed by atoms with van der Waals surface area (Å²) in [6.45, 7) is 0. The van der Waals surface area contributed by atoms with Crippen molar-refractivity contribution in [3.05, 3.63) is 16.9 Å². The summed E-state index contributed by atoms with van der Waals surface area (Å²) < 4.78 is 21.8. The van der Waals surface area contributed by atoms with Crippen LogP contribution in [-0.2, 0) is 9.84 Å². The Labute approximate surface area is 79.7 Å². The van der Waals surface area contributed by atoms with E-state index in [9.17, 15) is 13.2 Å². The zero-order valence-corrected chi connectivity index (χ0v) is 8.13. The van der Waals surface area contributed by atoms with E-state index in [1.54, 1.807) is 0 Å². The Morgan fingerprint density at radius 3 is 2.54 bits per heavy atom. The van der Waals surface area contributed by atoms with Gasteiger partial charge >= 0.3 is 0 Å². The molecule has 70 valence electrons. The Morgan fingerprint density at radius 1 is 1.54 bits per heavy atom. The second-order valence-electron chi connectivity index (χ2n) is 2.29. The maximum Gasteiger partial charge on any atom is 0.248 e. The molecule has 0 spiro atoms. The van der Waals surface area contributed by atoms with Crippen LogP contribution >= 0.6 is 11.6 Å². The third-order valence-corrected chi connectivity index (χ3v) is 2.37. The number of carbonyl (C=O) groups excluding carboxylic acids is 1. The normalized spacial score (nSPS) is 11.2. The van der Waals surface area contributed by atoms with Crippen LogP contribution in [0.15, 0.2) is 11.4 Å². The van der Waals surface area contributed by atoms with Gasteiger partial charge in [0, 0.05) is 12.5 Å². The minimum Gasteiger partial charge on any atom is -0.298 e. The van der Waals surface area contributed by atoms with Crippen LogP contribution in [0.5, 0.6) is 0 Å². The van der Waals surface area contributed by atoms with Gasteiger partial charge in [-0.3, -0.25) is 4.79 Å². The molecule has 5 nitrogen and oxygen atoms in total. The molecule has 0 atom stereocenters. The fourth-order valence-corrected chi connectivity index (χ4v) is 1.34. The zero-order chi connectivity index (χ0) is 10.1. The Bertz CT molecular complexity index is 443. The molecule has 0 aliphatic carbocycles. The fraction of sp³-hybridized carbons (Fsp3) is 0.167. The van der Waals surface area contributed by atoms with Crippen molar-refractivity contribution < 1.29 is 13.2 Å². The first-order valence-electron chi connectivity index (χ1n) is 3.13. The SMILES string of the molecule is CS(=O)(=O)c1ncc(C=O)c(Cl)n1. The molecule has 0 aromatic carbocycles. The van der Waals surface area contributed by atoms with Gasteiger partial charge in [0.25, 0.3) is 0 Å². The maximum atomic E-state index is 10.9. The van der Waals surface area contributed by atoms with Gasteiger partial charge in [0.2, 0.25) is 15.0 Å². The summed E-state index contributed by atoms with van der Waals surface area (Å²) in [4.78, 5) is 17.2. The van der Waals surface area contributed by atoms with Crippen molar-refractivity contribution in [3.8, 4) is 0 Å². The molecule has 1 rings (SSSR count). The van der Waals surface area contributed by atoms with E-state index in [0.717, 1.165) is 12.5 Å². The molecular weight excluding hydrogens is 216 g/mol. The summed E-state index contributed by atoms with van der Waals surface area (Å²) in [7, 11) is -3.47. The van der Waals surface area contributed by atoms with Crippen LogP contribution in [0.1, 0.15) is 10.4 Å². The average molecular weight is 221 g/mol. The number of aromatic nitrogens is 2. The van der Waals surface area contributed by atoms with E-state index in [4.69, 9.17) is 11.6 Å². The highest BCUT2D eigenvalue weighted by Crippen LogP contribution is 2.11. The molecule has 0 radical (unpaired) electrons. The van der Waals surface area contributed by atoms with E-state index >= 15 is 0 Å². The van der Waals surface area contributed by atoms with E-state index in [1.165, 1.54) is 0 Å². The number of rotatable bonds is 2. The van der Waals surface area contributed by atoms with Gasteiger partial charge in [-0.25, -0.2) is 18.4 Å². The van der Waals surface area contributed by atoms with Gasteiger partial charge in [-0.2, -0.15) is 0 Å². The van der Waals surface area contributed by atoms with E-state index in [2.05, 4.69) is 9.97 Å². The van der Waals surface area contributed by atoms with Gasteiger partial charge in [0.15, 0.2) is 6.29 Å². The molecule has 1 aromatic rings. The number of hydrogen-bond acceptors (Lipinski definition) is 5. The van der Waals surface area contributed by atoms with Gasteiger partial charge in [0.05, 0.1) is 5.56 Å². The van der Waals surface area contributed by atoms with Crippen LogP contribution in [0, 0.1) is 0 Å². The third-order valence-electron chi connectivity index (χ3n) is 1.20. The zero-order valence-electron chi connectivity index (χ0n) is 6.56. The molecule has 0 fully saturated rings. The lowest BCUT2D eigenvalue weighted by Crippen LogP contribution is -2.05. The first-order valence-corrected chi connectivity index (χ1v) is 5.40. The van der Waals surface area contributed by atoms with Crippen molar-refractivity contribution in [3.63, 3.8) is 0 Å². The number of sulfone groups is 1. The van der Waals surface area contributed by atoms with Crippen molar-refractivity contribution >= 4 is 27.7 Å². The van der Waals surface area contributed by atoms with Crippen molar-refractivity contribution in [1.29, 1.82) is 0 Å². The molecule has 0 amide bonds. The van der Waals surface area contributed by atoms with Crippen LogP contribution in [0.3, 0.4) is 0 Å². The summed E-state index contributed by atoms with van der Waals surface area (Å²) in [6, 6.07) is 0. The second kappa shape index (κ2) is 3.39. The van der Waals surface area contributed by atoms with E-state index < -0.39 is 9.84 Å². The van der Waals surface area contributed by atoms with E-state index in [-0.39, 0.29) is 15.9 Å². The maximum absolute atomic E-state index is 10.9. The Morgan fingerprint density at radius 2 is 2.15 bits per heavy atom. The highest BCUT2D eigenvalue weighted by atomic mass is 35.5. The highest BCUT2D eigenvalue weighted by molar-refractivity contribution is 7.90. The molecule has 1 heterocycles. The fourth-order valence-electron chi connectivity index (χ4n) is 0.613. The van der Waals surface area contributed by atoms with Crippen LogP contribution in [0.2, 0.25) is 5.15 Å². The molecule has 0 saturated carbocycles. The molecule has 7 heteroatoms. The number of nitrogens with zero attached hydrogens (tertiary/aromatic N) is 2. The lowest BCUT2D eigenvalue weighted by atomic mass is 10.4. The highest BCUT2D eigenvalue weighted by Gasteiger charge is 2.12. The number of hydrogen-bond donors (Lipinski definition) is 0. The standard InChI is InChI=1S/C6H5ClN2O3S/c1-13(11,12)6-8-2-4(3-10)5(7)9-6/h2-3H,1H3. The lowest BCUT2D eigenvalue weighted by molar-refractivity contribution is 0.112. The summed E-state index contributed by atoms with van der Waals surface area (Å²) in [5, 5.41) is -0.548. The van der Waals surface area contributed by atoms with Crippen molar-refractivity contribution in [1.82, 2.24) is 9.97 Å². The molecule has 0 N–H and O–H groups in total. The minimum absolute atomic E-state index is 0.0640. The summed E-state index contributed by atoms with van der Waals surface area (Å²) >= 11 is 5.49. The molecule has 0 unspecified atom stereocenters. The smallest absolute Gasteiger partial charge is 0.248 e. The molecule has 13 heavy (non-hydrogen) atoms. The first kappa shape index (κ1) is 10.1. The van der Waals surface area contributed by atoms with Gasteiger partial charge in [-0.1, -0.05) is 11.6 Å². The lowest BCUT2D eigenvalue weighted by Gasteiger charge is -1.97. The van der Waals surface area contributed by atoms with Crippen LogP contribution in [0.25, 0.3) is 0 Å². The Balaban J connectivity index is 3.34. The van der Waals surface area contributed by atoms with Crippen LogP contribution in [0.4, 0.5) is 0 Å². The van der Waals surface area contributed by atoms with Gasteiger partial charge in [0.1, 0.15) is 5.15 Å². The predicted molar refractivity (Wildman–Crippen MR) is 45.5 cm³/mol. The largest absolute Gasteiger partial charge is 0.298 e. The Kier molecular flexibility index (Phi) is 2.63. The van der Waals surface area contributed by atoms with E-state index in [1.807, 2.05) is 0 Å². The summed E-state index contributed by atoms with van der Waals surface area (Å²) in [5.74, 6) is 0. The molecule has 0 aliphatic heterocycles. The summed E-state index contributed by atoms with van der Waals surface area (Å²) in [6.07, 6.45) is 2.48. The van der Waals surface area contributed by atoms with Crippen molar-refractivity contribution in [2.45, 2.75) is 5.16 Å². The molecule has 0 saturated heterocycles. The molecule has 0 bridgehead atoms. The predicted octanol–water partition coefficient (Wildman–Crippen LogP) is 0.346. The van der Waals surface area contributed by atoms with Gasteiger partial charge in [-0.15, -0.1) is 0 Å². The third kappa shape index (κ3) is 2.22. The molecule has 0 aliphatic rings. The quantitative estimate of drug-likeness (QED) is 0.408. The minimum atomic E-state index is -3.47. The average Bonchev–Trinajstić information content (AvgIpc) is 2.02. The molecule has 1 aromatic heterocycles. The number of carbonyl (C=O) groups is 1. The first-order chi connectivity index (χ1) is 5.95. The molecular formula is C6H5ClN2O3S. The second-order valence-corrected chi connectivity index (χ2v) is 4.56. The summed E-state index contributed by atoms with van der Waals surface area (Å²) in [5.41, 5.74) is 0.0640. The van der Waals surface area contributed by atoms with Crippen LogP contribution in [-0.4, -0.2) is 30.9 Å². The monoisotopic (exact) mass is 220 g/mol. The number of aldehydes is 1. The van der Waals surface area contributed by atoms with Crippen molar-refractivity contribution in [2.75, 3.05) is 6.26 Å².